The molecule has 0 bridgehead atoms. The molecule has 1 saturated heterocycles. The van der Waals surface area contributed by atoms with Crippen molar-refractivity contribution in [2.75, 3.05) is 17.3 Å². The van der Waals surface area contributed by atoms with E-state index in [1.807, 2.05) is 49.5 Å². The van der Waals surface area contributed by atoms with E-state index >= 15 is 0 Å². The van der Waals surface area contributed by atoms with E-state index in [1.54, 1.807) is 7.11 Å². The van der Waals surface area contributed by atoms with Gasteiger partial charge in [-0.15, -0.1) is 0 Å². The predicted octanol–water partition coefficient (Wildman–Crippen LogP) is 6.64. The first kappa shape index (κ1) is 27.4. The molecule has 4 aromatic rings. The number of benzene rings is 2. The highest BCUT2D eigenvalue weighted by Crippen LogP contribution is 2.45. The smallest absolute Gasteiger partial charge is 0.224 e. The third-order valence-corrected chi connectivity index (χ3v) is 7.72. The van der Waals surface area contributed by atoms with E-state index in [-0.39, 0.29) is 18.0 Å². The molecule has 0 aliphatic carbocycles. The van der Waals surface area contributed by atoms with Crippen LogP contribution >= 0.6 is 12.2 Å². The van der Waals surface area contributed by atoms with Crippen molar-refractivity contribution in [2.24, 2.45) is 0 Å². The van der Waals surface area contributed by atoms with Crippen LogP contribution in [-0.4, -0.2) is 27.7 Å². The number of nitrogens with zero attached hydrogens (tertiary/aromatic N) is 3. The molecule has 0 unspecified atom stereocenters. The first-order chi connectivity index (χ1) is 19.2. The lowest BCUT2D eigenvalue weighted by Gasteiger charge is -2.29. The molecule has 1 fully saturated rings. The SMILES string of the molecule is CCC(=O)Nc1ccc(N2C(=S)N[C@H](c3ccccn3)[C@@H]2c2cc(C)n(-c3cc(C)cc(C)c3)c2C)cc1OC. The maximum absolute atomic E-state index is 12.1. The van der Waals surface area contributed by atoms with Crippen LogP contribution in [0.25, 0.3) is 5.69 Å². The fourth-order valence-electron chi connectivity index (χ4n) is 5.68. The summed E-state index contributed by atoms with van der Waals surface area (Å²) < 4.78 is 8.00. The molecule has 3 heterocycles. The summed E-state index contributed by atoms with van der Waals surface area (Å²) in [6.45, 7) is 10.4. The number of nitrogens with one attached hydrogen (secondary N) is 2. The standard InChI is InChI=1S/C32H35N5O2S/c1-7-29(38)34-26-12-11-23(18-28(26)39-6)37-31(30(35-32(37)40)27-10-8-9-13-33-27)25-17-21(4)36(22(25)5)24-15-19(2)14-20(3)16-24/h8-18,30-31H,7H2,1-6H3,(H,34,38)(H,35,40)/t30-,31+/m1/s1. The zero-order chi connectivity index (χ0) is 28.6. The molecule has 40 heavy (non-hydrogen) atoms. The Morgan fingerprint density at radius 1 is 1.02 bits per heavy atom. The molecule has 2 atom stereocenters. The molecule has 1 aliphatic heterocycles. The lowest BCUT2D eigenvalue weighted by Crippen LogP contribution is -2.29. The highest BCUT2D eigenvalue weighted by Gasteiger charge is 2.42. The van der Waals surface area contributed by atoms with Crippen molar-refractivity contribution in [2.45, 2.75) is 53.1 Å². The van der Waals surface area contributed by atoms with Gasteiger partial charge in [0.05, 0.1) is 30.6 Å². The molecule has 0 spiro atoms. The van der Waals surface area contributed by atoms with E-state index in [4.69, 9.17) is 21.9 Å². The molecule has 5 rings (SSSR count). The largest absolute Gasteiger partial charge is 0.494 e. The predicted molar refractivity (Wildman–Crippen MR) is 165 cm³/mol. The summed E-state index contributed by atoms with van der Waals surface area (Å²) in [5.41, 5.74) is 9.44. The Bertz CT molecular complexity index is 1560. The van der Waals surface area contributed by atoms with Gasteiger partial charge in [0, 0.05) is 41.4 Å². The maximum atomic E-state index is 12.1. The molecule has 7 nitrogen and oxygen atoms in total. The average Bonchev–Trinajstić information content (AvgIpc) is 3.43. The third kappa shape index (κ3) is 5.07. The molecule has 206 valence electrons. The van der Waals surface area contributed by atoms with Crippen LogP contribution in [0.1, 0.15) is 59.2 Å². The molecule has 0 radical (unpaired) electrons. The van der Waals surface area contributed by atoms with Crippen LogP contribution in [-0.2, 0) is 4.79 Å². The molecule has 2 aromatic heterocycles. The molecule has 2 aromatic carbocycles. The van der Waals surface area contributed by atoms with Crippen LogP contribution in [0, 0.1) is 27.7 Å². The van der Waals surface area contributed by atoms with Gasteiger partial charge in [0.2, 0.25) is 5.91 Å². The summed E-state index contributed by atoms with van der Waals surface area (Å²) in [5.74, 6) is 0.499. The van der Waals surface area contributed by atoms with Gasteiger partial charge in [0.15, 0.2) is 5.11 Å². The fraction of sp³-hybridized carbons (Fsp3) is 0.281. The van der Waals surface area contributed by atoms with E-state index in [0.29, 0.717) is 23.0 Å². The molecule has 2 N–H and O–H groups in total. The summed E-state index contributed by atoms with van der Waals surface area (Å²) in [6, 6.07) is 20.3. The average molecular weight is 554 g/mol. The number of ether oxygens (including phenoxy) is 1. The van der Waals surface area contributed by atoms with Crippen molar-refractivity contribution in [1.29, 1.82) is 0 Å². The van der Waals surface area contributed by atoms with Gasteiger partial charge in [-0.3, -0.25) is 9.78 Å². The van der Waals surface area contributed by atoms with Crippen LogP contribution in [0.3, 0.4) is 0 Å². The number of carbonyl (C=O) groups is 1. The number of carbonyl (C=O) groups excluding carboxylic acids is 1. The molecular weight excluding hydrogens is 518 g/mol. The number of aromatic nitrogens is 2. The Hall–Kier alpha value is -4.17. The Balaban J connectivity index is 1.66. The topological polar surface area (TPSA) is 71.4 Å². The van der Waals surface area contributed by atoms with Gasteiger partial charge in [0.25, 0.3) is 0 Å². The second-order valence-corrected chi connectivity index (χ2v) is 10.7. The fourth-order valence-corrected chi connectivity index (χ4v) is 6.03. The Labute approximate surface area is 241 Å². The van der Waals surface area contributed by atoms with Crippen molar-refractivity contribution < 1.29 is 9.53 Å². The number of rotatable bonds is 7. The molecule has 8 heteroatoms. The van der Waals surface area contributed by atoms with Gasteiger partial charge in [-0.1, -0.05) is 19.1 Å². The van der Waals surface area contributed by atoms with Crippen LogP contribution in [0.4, 0.5) is 11.4 Å². The summed E-state index contributed by atoms with van der Waals surface area (Å²) >= 11 is 5.96. The molecular formula is C32H35N5O2S. The first-order valence-corrected chi connectivity index (χ1v) is 13.9. The van der Waals surface area contributed by atoms with Crippen molar-refractivity contribution >= 4 is 34.6 Å². The van der Waals surface area contributed by atoms with E-state index in [0.717, 1.165) is 34.0 Å². The summed E-state index contributed by atoms with van der Waals surface area (Å²) in [7, 11) is 1.60. The van der Waals surface area contributed by atoms with Crippen molar-refractivity contribution in [1.82, 2.24) is 14.9 Å². The van der Waals surface area contributed by atoms with Crippen LogP contribution in [0.15, 0.2) is 66.9 Å². The highest BCUT2D eigenvalue weighted by molar-refractivity contribution is 7.80. The molecule has 1 aliphatic rings. The lowest BCUT2D eigenvalue weighted by molar-refractivity contribution is -0.115. The third-order valence-electron chi connectivity index (χ3n) is 7.41. The number of hydrogen-bond donors (Lipinski definition) is 2. The highest BCUT2D eigenvalue weighted by atomic mass is 32.1. The Morgan fingerprint density at radius 3 is 2.42 bits per heavy atom. The van der Waals surface area contributed by atoms with E-state index < -0.39 is 0 Å². The van der Waals surface area contributed by atoms with Crippen LogP contribution in [0.2, 0.25) is 0 Å². The number of pyridine rings is 1. The molecule has 1 amide bonds. The maximum Gasteiger partial charge on any atom is 0.224 e. The van der Waals surface area contributed by atoms with Crippen LogP contribution in [0.5, 0.6) is 5.75 Å². The Morgan fingerprint density at radius 2 is 1.77 bits per heavy atom. The van der Waals surface area contributed by atoms with Gasteiger partial charge in [-0.2, -0.15) is 0 Å². The quantitative estimate of drug-likeness (QED) is 0.250. The minimum atomic E-state index is -0.174. The zero-order valence-electron chi connectivity index (χ0n) is 23.8. The molecule has 0 saturated carbocycles. The number of anilines is 2. The second-order valence-electron chi connectivity index (χ2n) is 10.3. The van der Waals surface area contributed by atoms with Crippen LogP contribution < -0.4 is 20.3 Å². The van der Waals surface area contributed by atoms with E-state index in [9.17, 15) is 4.79 Å². The van der Waals surface area contributed by atoms with Crippen molar-refractivity contribution in [3.8, 4) is 11.4 Å². The summed E-state index contributed by atoms with van der Waals surface area (Å²) in [5, 5.41) is 7.07. The second kappa shape index (κ2) is 11.1. The Kier molecular flexibility index (Phi) is 7.63. The monoisotopic (exact) mass is 553 g/mol. The number of hydrogen-bond acceptors (Lipinski definition) is 4. The summed E-state index contributed by atoms with van der Waals surface area (Å²) in [4.78, 5) is 18.9. The van der Waals surface area contributed by atoms with E-state index in [2.05, 4.69) is 72.1 Å². The normalized spacial score (nSPS) is 16.6. The van der Waals surface area contributed by atoms with Crippen molar-refractivity contribution in [3.05, 3.63) is 101 Å². The van der Waals surface area contributed by atoms with E-state index in [1.165, 1.54) is 11.1 Å². The number of aryl methyl sites for hydroxylation is 3. The van der Waals surface area contributed by atoms with Gasteiger partial charge in [-0.05, 0) is 99.1 Å². The number of amides is 1. The van der Waals surface area contributed by atoms with Gasteiger partial charge >= 0.3 is 0 Å². The number of thiocarbonyl (C=S) groups is 1. The zero-order valence-corrected chi connectivity index (χ0v) is 24.6. The lowest BCUT2D eigenvalue weighted by atomic mass is 9.96. The van der Waals surface area contributed by atoms with Gasteiger partial charge in [0.1, 0.15) is 5.75 Å². The first-order valence-electron chi connectivity index (χ1n) is 13.5. The number of methoxy groups -OCH3 is 1. The minimum Gasteiger partial charge on any atom is -0.494 e. The summed E-state index contributed by atoms with van der Waals surface area (Å²) in [6.07, 6.45) is 2.20. The van der Waals surface area contributed by atoms with Crippen molar-refractivity contribution in [3.63, 3.8) is 0 Å². The van der Waals surface area contributed by atoms with Gasteiger partial charge in [-0.25, -0.2) is 0 Å². The van der Waals surface area contributed by atoms with Gasteiger partial charge < -0.3 is 24.8 Å². The minimum absolute atomic E-state index is 0.0728.